The van der Waals surface area contributed by atoms with E-state index in [1.54, 1.807) is 24.3 Å². The summed E-state index contributed by atoms with van der Waals surface area (Å²) in [7, 11) is 0. The van der Waals surface area contributed by atoms with E-state index in [4.69, 9.17) is 4.42 Å². The molecule has 0 radical (unpaired) electrons. The first-order valence-electron chi connectivity index (χ1n) is 8.42. The molecule has 1 heterocycles. The van der Waals surface area contributed by atoms with Gasteiger partial charge < -0.3 is 15.1 Å². The molecule has 0 aliphatic rings. The third-order valence-corrected chi connectivity index (χ3v) is 3.81. The Hall–Kier alpha value is -3.34. The lowest BCUT2D eigenvalue weighted by molar-refractivity contribution is -0.116. The molecule has 26 heavy (non-hydrogen) atoms. The van der Waals surface area contributed by atoms with E-state index < -0.39 is 0 Å². The third-order valence-electron chi connectivity index (χ3n) is 3.81. The van der Waals surface area contributed by atoms with Crippen molar-refractivity contribution in [1.29, 1.82) is 0 Å². The summed E-state index contributed by atoms with van der Waals surface area (Å²) in [5.41, 5.74) is 2.40. The van der Waals surface area contributed by atoms with Gasteiger partial charge in [0.15, 0.2) is 0 Å². The fourth-order valence-electron chi connectivity index (χ4n) is 2.57. The molecule has 2 amide bonds. The Balaban J connectivity index is 1.51. The molecule has 2 N–H and O–H groups in total. The van der Waals surface area contributed by atoms with Crippen molar-refractivity contribution in [3.8, 4) is 11.3 Å². The average molecular weight is 348 g/mol. The Bertz CT molecular complexity index is 883. The van der Waals surface area contributed by atoms with Gasteiger partial charge in [0.1, 0.15) is 11.5 Å². The summed E-state index contributed by atoms with van der Waals surface area (Å²) in [5, 5.41) is 5.52. The molecule has 0 aliphatic heterocycles. The maximum atomic E-state index is 12.1. The first kappa shape index (κ1) is 17.5. The molecule has 0 saturated heterocycles. The SMILES string of the molecule is CC(=O)Nc1ccc(NC(=O)CCc2ccc(-c3ccccc3)o2)cc1. The predicted octanol–water partition coefficient (Wildman–Crippen LogP) is 4.48. The number of hydrogen-bond acceptors (Lipinski definition) is 3. The number of furan rings is 1. The maximum Gasteiger partial charge on any atom is 0.224 e. The largest absolute Gasteiger partial charge is 0.461 e. The van der Waals surface area contributed by atoms with Gasteiger partial charge in [0, 0.05) is 36.7 Å². The molecule has 3 rings (SSSR count). The van der Waals surface area contributed by atoms with Crippen molar-refractivity contribution in [2.45, 2.75) is 19.8 Å². The van der Waals surface area contributed by atoms with Gasteiger partial charge in [0.25, 0.3) is 0 Å². The number of benzene rings is 2. The van der Waals surface area contributed by atoms with Crippen LogP contribution in [0.4, 0.5) is 11.4 Å². The van der Waals surface area contributed by atoms with E-state index in [9.17, 15) is 9.59 Å². The van der Waals surface area contributed by atoms with E-state index in [1.165, 1.54) is 6.92 Å². The first-order valence-corrected chi connectivity index (χ1v) is 8.42. The zero-order valence-corrected chi connectivity index (χ0v) is 14.5. The van der Waals surface area contributed by atoms with Crippen molar-refractivity contribution in [2.75, 3.05) is 10.6 Å². The normalized spacial score (nSPS) is 10.3. The van der Waals surface area contributed by atoms with Crippen LogP contribution in [-0.2, 0) is 16.0 Å². The smallest absolute Gasteiger partial charge is 0.224 e. The molecule has 132 valence electrons. The van der Waals surface area contributed by atoms with E-state index in [1.807, 2.05) is 42.5 Å². The lowest BCUT2D eigenvalue weighted by atomic mass is 10.2. The number of anilines is 2. The molecular formula is C21H20N2O3. The molecule has 2 aromatic carbocycles. The minimum Gasteiger partial charge on any atom is -0.461 e. The van der Waals surface area contributed by atoms with E-state index in [0.717, 1.165) is 17.1 Å². The zero-order valence-electron chi connectivity index (χ0n) is 14.5. The molecule has 0 spiro atoms. The summed E-state index contributed by atoms with van der Waals surface area (Å²) in [6, 6.07) is 20.7. The molecular weight excluding hydrogens is 328 g/mol. The van der Waals surface area contributed by atoms with Crippen LogP contribution in [0.1, 0.15) is 19.1 Å². The van der Waals surface area contributed by atoms with Crippen molar-refractivity contribution in [3.05, 3.63) is 72.5 Å². The van der Waals surface area contributed by atoms with Crippen LogP contribution in [0.15, 0.2) is 71.1 Å². The maximum absolute atomic E-state index is 12.1. The van der Waals surface area contributed by atoms with E-state index in [-0.39, 0.29) is 11.8 Å². The number of nitrogens with one attached hydrogen (secondary N) is 2. The van der Waals surface area contributed by atoms with Gasteiger partial charge in [-0.05, 0) is 36.4 Å². The quantitative estimate of drug-likeness (QED) is 0.690. The van der Waals surface area contributed by atoms with E-state index in [0.29, 0.717) is 24.2 Å². The first-order chi connectivity index (χ1) is 12.6. The topological polar surface area (TPSA) is 71.3 Å². The second-order valence-electron chi connectivity index (χ2n) is 5.94. The molecule has 0 bridgehead atoms. The van der Waals surface area contributed by atoms with E-state index >= 15 is 0 Å². The molecule has 5 heteroatoms. The van der Waals surface area contributed by atoms with Crippen LogP contribution in [0, 0.1) is 0 Å². The van der Waals surface area contributed by atoms with Gasteiger partial charge >= 0.3 is 0 Å². The molecule has 0 aliphatic carbocycles. The van der Waals surface area contributed by atoms with Gasteiger partial charge in [-0.3, -0.25) is 9.59 Å². The number of aryl methyl sites for hydroxylation is 1. The van der Waals surface area contributed by atoms with E-state index in [2.05, 4.69) is 10.6 Å². The Morgan fingerprint density at radius 1 is 0.846 bits per heavy atom. The fraction of sp³-hybridized carbons (Fsp3) is 0.143. The van der Waals surface area contributed by atoms with Crippen LogP contribution in [0.25, 0.3) is 11.3 Å². The van der Waals surface area contributed by atoms with Gasteiger partial charge in [0.2, 0.25) is 11.8 Å². The van der Waals surface area contributed by atoms with Crippen LogP contribution in [-0.4, -0.2) is 11.8 Å². The van der Waals surface area contributed by atoms with Crippen LogP contribution < -0.4 is 10.6 Å². The van der Waals surface area contributed by atoms with Crippen molar-refractivity contribution in [3.63, 3.8) is 0 Å². The Morgan fingerprint density at radius 3 is 2.15 bits per heavy atom. The number of carbonyl (C=O) groups is 2. The van der Waals surface area contributed by atoms with Crippen LogP contribution >= 0.6 is 0 Å². The molecule has 0 fully saturated rings. The van der Waals surface area contributed by atoms with Crippen molar-refractivity contribution in [1.82, 2.24) is 0 Å². The minimum absolute atomic E-state index is 0.0880. The van der Waals surface area contributed by atoms with Crippen molar-refractivity contribution >= 4 is 23.2 Å². The number of amides is 2. The second kappa shape index (κ2) is 8.16. The standard InChI is InChI=1S/C21H20N2O3/c1-15(24)22-17-7-9-18(10-8-17)23-21(25)14-12-19-11-13-20(26-19)16-5-3-2-4-6-16/h2-11,13H,12,14H2,1H3,(H,22,24)(H,23,25). The summed E-state index contributed by atoms with van der Waals surface area (Å²) >= 11 is 0. The highest BCUT2D eigenvalue weighted by atomic mass is 16.3. The Labute approximate surface area is 152 Å². The van der Waals surface area contributed by atoms with Crippen LogP contribution in [0.3, 0.4) is 0 Å². The number of carbonyl (C=O) groups excluding carboxylic acids is 2. The fourth-order valence-corrected chi connectivity index (χ4v) is 2.57. The van der Waals surface area contributed by atoms with Gasteiger partial charge in [-0.1, -0.05) is 30.3 Å². The summed E-state index contributed by atoms with van der Waals surface area (Å²) in [6.45, 7) is 1.45. The highest BCUT2D eigenvalue weighted by Gasteiger charge is 2.08. The Morgan fingerprint density at radius 2 is 1.50 bits per heavy atom. The lowest BCUT2D eigenvalue weighted by Crippen LogP contribution is -2.12. The summed E-state index contributed by atoms with van der Waals surface area (Å²) in [4.78, 5) is 23.1. The summed E-state index contributed by atoms with van der Waals surface area (Å²) in [5.74, 6) is 1.36. The summed E-state index contributed by atoms with van der Waals surface area (Å²) < 4.78 is 5.80. The second-order valence-corrected chi connectivity index (χ2v) is 5.94. The van der Waals surface area contributed by atoms with Gasteiger partial charge in [-0.2, -0.15) is 0 Å². The molecule has 0 unspecified atom stereocenters. The Kier molecular flexibility index (Phi) is 5.49. The van der Waals surface area contributed by atoms with Crippen molar-refractivity contribution in [2.24, 2.45) is 0 Å². The van der Waals surface area contributed by atoms with Gasteiger partial charge in [-0.15, -0.1) is 0 Å². The lowest BCUT2D eigenvalue weighted by Gasteiger charge is -2.06. The third kappa shape index (κ3) is 4.83. The van der Waals surface area contributed by atoms with Crippen LogP contribution in [0.2, 0.25) is 0 Å². The van der Waals surface area contributed by atoms with Crippen molar-refractivity contribution < 1.29 is 14.0 Å². The molecule has 0 saturated carbocycles. The predicted molar refractivity (Wildman–Crippen MR) is 102 cm³/mol. The molecule has 3 aromatic rings. The number of rotatable bonds is 6. The monoisotopic (exact) mass is 348 g/mol. The molecule has 1 aromatic heterocycles. The molecule has 5 nitrogen and oxygen atoms in total. The average Bonchev–Trinajstić information content (AvgIpc) is 3.11. The van der Waals surface area contributed by atoms with Gasteiger partial charge in [-0.25, -0.2) is 0 Å². The summed E-state index contributed by atoms with van der Waals surface area (Å²) in [6.07, 6.45) is 0.859. The minimum atomic E-state index is -0.130. The molecule has 0 atom stereocenters. The highest BCUT2D eigenvalue weighted by molar-refractivity contribution is 5.92. The van der Waals surface area contributed by atoms with Gasteiger partial charge in [0.05, 0.1) is 0 Å². The highest BCUT2D eigenvalue weighted by Crippen LogP contribution is 2.22. The van der Waals surface area contributed by atoms with Crippen LogP contribution in [0.5, 0.6) is 0 Å². The zero-order chi connectivity index (χ0) is 18.4. The number of hydrogen-bond donors (Lipinski definition) is 2.